The molecule has 0 aromatic carbocycles. The zero-order chi connectivity index (χ0) is 10.8. The molecule has 0 aliphatic rings. The highest BCUT2D eigenvalue weighted by molar-refractivity contribution is 5.74. The lowest BCUT2D eigenvalue weighted by Crippen LogP contribution is -2.36. The average Bonchev–Trinajstić information content (AvgIpc) is 2.13. The first kappa shape index (κ1) is 12.3. The molecule has 0 rings (SSSR count). The van der Waals surface area contributed by atoms with E-state index in [2.05, 4.69) is 16.6 Å². The second-order valence-electron chi connectivity index (χ2n) is 2.66. The summed E-state index contributed by atoms with van der Waals surface area (Å²) in [5.74, 6) is 1.45. The van der Waals surface area contributed by atoms with Crippen LogP contribution in [-0.4, -0.2) is 30.2 Å². The van der Waals surface area contributed by atoms with Gasteiger partial charge < -0.3 is 15.7 Å². The monoisotopic (exact) mass is 198 g/mol. The summed E-state index contributed by atoms with van der Waals surface area (Å²) in [6.45, 7) is 0.657. The van der Waals surface area contributed by atoms with Gasteiger partial charge in [-0.1, -0.05) is 5.92 Å². The Balaban J connectivity index is 3.24. The zero-order valence-corrected chi connectivity index (χ0v) is 7.88. The van der Waals surface area contributed by atoms with Crippen molar-refractivity contribution < 1.29 is 14.7 Å². The maximum Gasteiger partial charge on any atom is 0.315 e. The molecule has 5 heteroatoms. The predicted octanol–water partition coefficient (Wildman–Crippen LogP) is 0.174. The van der Waals surface area contributed by atoms with Crippen molar-refractivity contribution in [2.45, 2.75) is 19.3 Å². The summed E-state index contributed by atoms with van der Waals surface area (Å²) in [7, 11) is 0. The quantitative estimate of drug-likeness (QED) is 0.420. The van der Waals surface area contributed by atoms with Gasteiger partial charge in [-0.05, 0) is 12.8 Å². The van der Waals surface area contributed by atoms with E-state index < -0.39 is 5.97 Å². The number of unbranched alkanes of at least 4 members (excludes halogenated alkanes) is 1. The lowest BCUT2D eigenvalue weighted by molar-refractivity contribution is -0.137. The van der Waals surface area contributed by atoms with Gasteiger partial charge in [-0.2, -0.15) is 0 Å². The SMILES string of the molecule is C#CCNC(=O)NCCCCC(=O)O. The molecule has 3 N–H and O–H groups in total. The summed E-state index contributed by atoms with van der Waals surface area (Å²) in [6.07, 6.45) is 6.27. The van der Waals surface area contributed by atoms with E-state index in [1.807, 2.05) is 0 Å². The smallest absolute Gasteiger partial charge is 0.315 e. The van der Waals surface area contributed by atoms with E-state index in [1.54, 1.807) is 0 Å². The Hall–Kier alpha value is -1.70. The van der Waals surface area contributed by atoms with Crippen LogP contribution in [0.1, 0.15) is 19.3 Å². The van der Waals surface area contributed by atoms with Crippen LogP contribution in [0.4, 0.5) is 4.79 Å². The number of terminal acetylenes is 1. The van der Waals surface area contributed by atoms with Crippen LogP contribution in [0, 0.1) is 12.3 Å². The largest absolute Gasteiger partial charge is 0.481 e. The first-order chi connectivity index (χ1) is 6.66. The molecule has 0 spiro atoms. The summed E-state index contributed by atoms with van der Waals surface area (Å²) in [5.41, 5.74) is 0. The molecule has 14 heavy (non-hydrogen) atoms. The number of hydrogen-bond donors (Lipinski definition) is 3. The van der Waals surface area contributed by atoms with Gasteiger partial charge in [0.15, 0.2) is 0 Å². The van der Waals surface area contributed by atoms with Crippen LogP contribution in [-0.2, 0) is 4.79 Å². The summed E-state index contributed by atoms with van der Waals surface area (Å²) < 4.78 is 0. The van der Waals surface area contributed by atoms with Crippen LogP contribution in [0.5, 0.6) is 0 Å². The number of rotatable bonds is 6. The van der Waals surface area contributed by atoms with Crippen molar-refractivity contribution in [3.8, 4) is 12.3 Å². The number of carboxylic acid groups (broad SMARTS) is 1. The Labute approximate surface area is 82.9 Å². The lowest BCUT2D eigenvalue weighted by Gasteiger charge is -2.03. The minimum atomic E-state index is -0.818. The number of carbonyl (C=O) groups excluding carboxylic acids is 1. The third-order valence-electron chi connectivity index (χ3n) is 1.45. The molecular formula is C9H14N2O3. The molecule has 0 radical (unpaired) electrons. The molecule has 0 aromatic rings. The Morgan fingerprint density at radius 2 is 2.00 bits per heavy atom. The fourth-order valence-corrected chi connectivity index (χ4v) is 0.797. The van der Waals surface area contributed by atoms with Gasteiger partial charge in [0.05, 0.1) is 6.54 Å². The Kier molecular flexibility index (Phi) is 6.96. The minimum Gasteiger partial charge on any atom is -0.481 e. The van der Waals surface area contributed by atoms with E-state index in [-0.39, 0.29) is 19.0 Å². The first-order valence-electron chi connectivity index (χ1n) is 4.33. The highest BCUT2D eigenvalue weighted by atomic mass is 16.4. The summed E-state index contributed by atoms with van der Waals surface area (Å²) in [4.78, 5) is 21.0. The second kappa shape index (κ2) is 7.92. The van der Waals surface area contributed by atoms with Crippen LogP contribution in [0.15, 0.2) is 0 Å². The number of hydrogen-bond acceptors (Lipinski definition) is 2. The third-order valence-corrected chi connectivity index (χ3v) is 1.45. The number of carboxylic acids is 1. The number of nitrogens with one attached hydrogen (secondary N) is 2. The zero-order valence-electron chi connectivity index (χ0n) is 7.88. The van der Waals surface area contributed by atoms with Gasteiger partial charge in [-0.3, -0.25) is 4.79 Å². The maximum absolute atomic E-state index is 10.9. The number of urea groups is 1. The molecule has 5 nitrogen and oxygen atoms in total. The van der Waals surface area contributed by atoms with E-state index in [4.69, 9.17) is 11.5 Å². The average molecular weight is 198 g/mol. The molecule has 0 unspecified atom stereocenters. The van der Waals surface area contributed by atoms with Gasteiger partial charge >= 0.3 is 12.0 Å². The number of carbonyl (C=O) groups is 2. The van der Waals surface area contributed by atoms with Crippen LogP contribution < -0.4 is 10.6 Å². The second-order valence-corrected chi connectivity index (χ2v) is 2.66. The lowest BCUT2D eigenvalue weighted by atomic mass is 10.2. The minimum absolute atomic E-state index is 0.133. The van der Waals surface area contributed by atoms with Gasteiger partial charge in [-0.25, -0.2) is 4.79 Å². The highest BCUT2D eigenvalue weighted by Gasteiger charge is 1.98. The fraction of sp³-hybridized carbons (Fsp3) is 0.556. The van der Waals surface area contributed by atoms with Gasteiger partial charge in [0, 0.05) is 13.0 Å². The molecule has 2 amide bonds. The third kappa shape index (κ3) is 8.40. The highest BCUT2D eigenvalue weighted by Crippen LogP contribution is 1.92. The van der Waals surface area contributed by atoms with Gasteiger partial charge in [-0.15, -0.1) is 6.42 Å². The summed E-state index contributed by atoms with van der Waals surface area (Å²) >= 11 is 0. The number of aliphatic carboxylic acids is 1. The molecule has 0 atom stereocenters. The van der Waals surface area contributed by atoms with Crippen molar-refractivity contribution in [3.05, 3.63) is 0 Å². The van der Waals surface area contributed by atoms with Crippen molar-refractivity contribution in [1.29, 1.82) is 0 Å². The van der Waals surface area contributed by atoms with Crippen molar-refractivity contribution in [3.63, 3.8) is 0 Å². The van der Waals surface area contributed by atoms with E-state index >= 15 is 0 Å². The van der Waals surface area contributed by atoms with E-state index in [0.29, 0.717) is 19.4 Å². The molecule has 0 fully saturated rings. The van der Waals surface area contributed by atoms with E-state index in [9.17, 15) is 9.59 Å². The van der Waals surface area contributed by atoms with E-state index in [1.165, 1.54) is 0 Å². The fourth-order valence-electron chi connectivity index (χ4n) is 0.797. The normalized spacial score (nSPS) is 8.79. The van der Waals surface area contributed by atoms with Crippen LogP contribution in [0.25, 0.3) is 0 Å². The molecule has 0 aliphatic heterocycles. The molecule has 0 bridgehead atoms. The molecular weight excluding hydrogens is 184 g/mol. The molecule has 78 valence electrons. The molecule has 0 heterocycles. The summed E-state index contributed by atoms with van der Waals surface area (Å²) in [5, 5.41) is 13.3. The number of amides is 2. The Bertz CT molecular complexity index is 233. The summed E-state index contributed by atoms with van der Waals surface area (Å²) in [6, 6.07) is -0.321. The maximum atomic E-state index is 10.9. The van der Waals surface area contributed by atoms with E-state index in [0.717, 1.165) is 0 Å². The molecule has 0 aliphatic carbocycles. The molecule has 0 saturated heterocycles. The van der Waals surface area contributed by atoms with Crippen LogP contribution in [0.3, 0.4) is 0 Å². The molecule has 0 saturated carbocycles. The Morgan fingerprint density at radius 3 is 2.57 bits per heavy atom. The first-order valence-corrected chi connectivity index (χ1v) is 4.33. The topological polar surface area (TPSA) is 78.4 Å². The standard InChI is InChI=1S/C9H14N2O3/c1-2-6-10-9(14)11-7-4-3-5-8(12)13/h1H,3-7H2,(H,12,13)(H2,10,11,14). The van der Waals surface area contributed by atoms with Gasteiger partial charge in [0.25, 0.3) is 0 Å². The van der Waals surface area contributed by atoms with Gasteiger partial charge in [0.1, 0.15) is 0 Å². The predicted molar refractivity (Wildman–Crippen MR) is 51.7 cm³/mol. The van der Waals surface area contributed by atoms with Crippen molar-refractivity contribution in [1.82, 2.24) is 10.6 Å². The molecule has 0 aromatic heterocycles. The Morgan fingerprint density at radius 1 is 1.29 bits per heavy atom. The van der Waals surface area contributed by atoms with Crippen LogP contribution in [0.2, 0.25) is 0 Å². The van der Waals surface area contributed by atoms with Crippen LogP contribution >= 0.6 is 0 Å². The van der Waals surface area contributed by atoms with Gasteiger partial charge in [0.2, 0.25) is 0 Å². The van der Waals surface area contributed by atoms with Crippen molar-refractivity contribution in [2.24, 2.45) is 0 Å². The van der Waals surface area contributed by atoms with Crippen molar-refractivity contribution >= 4 is 12.0 Å². The van der Waals surface area contributed by atoms with Crippen molar-refractivity contribution in [2.75, 3.05) is 13.1 Å².